The van der Waals surface area contributed by atoms with Gasteiger partial charge in [-0.05, 0) is 48.7 Å². The Kier molecular flexibility index (Phi) is 6.72. The van der Waals surface area contributed by atoms with Gasteiger partial charge in [0.15, 0.2) is 23.0 Å². The Morgan fingerprint density at radius 2 is 1.59 bits per heavy atom. The number of anilines is 1. The van der Waals surface area contributed by atoms with E-state index in [9.17, 15) is 9.59 Å². The van der Waals surface area contributed by atoms with Gasteiger partial charge in [-0.15, -0.1) is 0 Å². The Balaban J connectivity index is 1.45. The van der Waals surface area contributed by atoms with E-state index in [-0.39, 0.29) is 30.4 Å². The number of nitrogens with one attached hydrogen (secondary N) is 1. The summed E-state index contributed by atoms with van der Waals surface area (Å²) >= 11 is 0. The molecule has 0 spiro atoms. The molecule has 0 aliphatic carbocycles. The third-order valence-electron chi connectivity index (χ3n) is 6.58. The first-order valence-electron chi connectivity index (χ1n) is 11.2. The van der Waals surface area contributed by atoms with Crippen molar-refractivity contribution < 1.29 is 28.5 Å². The predicted molar refractivity (Wildman–Crippen MR) is 127 cm³/mol. The van der Waals surface area contributed by atoms with Crippen molar-refractivity contribution in [2.45, 2.75) is 31.8 Å². The molecule has 9 nitrogen and oxygen atoms in total. The zero-order valence-electron chi connectivity index (χ0n) is 20.2. The van der Waals surface area contributed by atoms with Gasteiger partial charge < -0.3 is 34.1 Å². The fraction of sp³-hybridized carbons (Fsp3) is 0.440. The molecule has 0 unspecified atom stereocenters. The summed E-state index contributed by atoms with van der Waals surface area (Å²) in [4.78, 5) is 29.4. The number of nitrogens with zero attached hydrogens (tertiary/aromatic N) is 2. The Bertz CT molecular complexity index is 1090. The molecule has 2 atom stereocenters. The van der Waals surface area contributed by atoms with Crippen LogP contribution in [-0.2, 0) is 11.2 Å². The summed E-state index contributed by atoms with van der Waals surface area (Å²) in [6.45, 7) is 2.97. The first kappa shape index (κ1) is 23.5. The van der Waals surface area contributed by atoms with Crippen molar-refractivity contribution in [3.63, 3.8) is 0 Å². The fourth-order valence-electron chi connectivity index (χ4n) is 4.73. The number of methoxy groups -OCH3 is 4. The van der Waals surface area contributed by atoms with E-state index in [0.717, 1.165) is 17.5 Å². The maximum Gasteiger partial charge on any atom is 0.318 e. The molecule has 1 saturated heterocycles. The quantitative estimate of drug-likeness (QED) is 0.699. The van der Waals surface area contributed by atoms with Crippen LogP contribution in [0.3, 0.4) is 0 Å². The first-order chi connectivity index (χ1) is 16.4. The van der Waals surface area contributed by atoms with Crippen LogP contribution in [0.25, 0.3) is 0 Å². The predicted octanol–water partition coefficient (Wildman–Crippen LogP) is 3.16. The number of benzene rings is 2. The third kappa shape index (κ3) is 4.30. The molecule has 34 heavy (non-hydrogen) atoms. The number of urea groups is 1. The van der Waals surface area contributed by atoms with Gasteiger partial charge in [0.05, 0.1) is 40.5 Å². The second-order valence-electron chi connectivity index (χ2n) is 8.42. The maximum atomic E-state index is 13.2. The topological polar surface area (TPSA) is 89.6 Å². The van der Waals surface area contributed by atoms with Crippen LogP contribution < -0.4 is 29.2 Å². The van der Waals surface area contributed by atoms with Gasteiger partial charge in [0.2, 0.25) is 5.91 Å². The van der Waals surface area contributed by atoms with Crippen LogP contribution in [0.1, 0.15) is 30.5 Å². The molecule has 182 valence electrons. The number of carbonyl (C=O) groups is 2. The van der Waals surface area contributed by atoms with E-state index in [1.807, 2.05) is 25.1 Å². The smallest absolute Gasteiger partial charge is 0.318 e. The summed E-state index contributed by atoms with van der Waals surface area (Å²) in [6.07, 6.45) is 0.957. The molecule has 2 heterocycles. The Labute approximate surface area is 199 Å². The molecule has 0 aromatic heterocycles. The van der Waals surface area contributed by atoms with Crippen molar-refractivity contribution in [3.8, 4) is 23.0 Å². The molecule has 0 radical (unpaired) electrons. The van der Waals surface area contributed by atoms with E-state index < -0.39 is 0 Å². The minimum absolute atomic E-state index is 0.0496. The van der Waals surface area contributed by atoms with Gasteiger partial charge in [0.1, 0.15) is 0 Å². The number of ether oxygens (including phenoxy) is 4. The molecule has 2 aliphatic rings. The highest BCUT2D eigenvalue weighted by Crippen LogP contribution is 2.38. The van der Waals surface area contributed by atoms with Crippen molar-refractivity contribution in [1.82, 2.24) is 10.2 Å². The summed E-state index contributed by atoms with van der Waals surface area (Å²) in [7, 11) is 6.34. The van der Waals surface area contributed by atoms with E-state index in [1.165, 1.54) is 0 Å². The molecule has 4 rings (SSSR count). The lowest BCUT2D eigenvalue weighted by molar-refractivity contribution is -0.117. The van der Waals surface area contributed by atoms with Gasteiger partial charge in [0.25, 0.3) is 0 Å². The van der Waals surface area contributed by atoms with Gasteiger partial charge in [0, 0.05) is 31.3 Å². The standard InChI is InChI=1S/C25H31N3O6/c1-15-19-13-23(34-5)21(32-3)10-16(19)8-9-27(15)25(30)26-17-11-24(29)28(14-17)18-6-7-20(31-2)22(12-18)33-4/h6-7,10,12-13,15,17H,8-9,11,14H2,1-5H3,(H,26,30)/t15-,17+/m0/s1. The number of hydrogen-bond acceptors (Lipinski definition) is 6. The van der Waals surface area contributed by atoms with Crippen LogP contribution in [0, 0.1) is 0 Å². The molecule has 2 aromatic carbocycles. The van der Waals surface area contributed by atoms with Crippen LogP contribution in [0.4, 0.5) is 10.5 Å². The molecule has 1 N–H and O–H groups in total. The zero-order chi connectivity index (χ0) is 24.4. The van der Waals surface area contributed by atoms with Crippen molar-refractivity contribution in [2.75, 3.05) is 46.4 Å². The molecule has 1 fully saturated rings. The largest absolute Gasteiger partial charge is 0.493 e. The van der Waals surface area contributed by atoms with Gasteiger partial charge in [-0.2, -0.15) is 0 Å². The fourth-order valence-corrected chi connectivity index (χ4v) is 4.73. The third-order valence-corrected chi connectivity index (χ3v) is 6.58. The van der Waals surface area contributed by atoms with E-state index in [4.69, 9.17) is 18.9 Å². The summed E-state index contributed by atoms with van der Waals surface area (Å²) in [6, 6.07) is 8.67. The monoisotopic (exact) mass is 469 g/mol. The molecule has 9 heteroatoms. The Hall–Kier alpha value is -3.62. The lowest BCUT2D eigenvalue weighted by atomic mass is 9.93. The van der Waals surface area contributed by atoms with Gasteiger partial charge >= 0.3 is 6.03 Å². The highest BCUT2D eigenvalue weighted by molar-refractivity contribution is 5.97. The summed E-state index contributed by atoms with van der Waals surface area (Å²) in [5.41, 5.74) is 2.89. The second kappa shape index (κ2) is 9.70. The van der Waals surface area contributed by atoms with Gasteiger partial charge in [-0.1, -0.05) is 0 Å². The lowest BCUT2D eigenvalue weighted by Crippen LogP contribution is -2.48. The Morgan fingerprint density at radius 3 is 2.26 bits per heavy atom. The van der Waals surface area contributed by atoms with Crippen LogP contribution in [-0.4, -0.2) is 64.4 Å². The molecule has 3 amide bonds. The van der Waals surface area contributed by atoms with Crippen molar-refractivity contribution >= 4 is 17.6 Å². The highest BCUT2D eigenvalue weighted by Gasteiger charge is 2.35. The van der Waals surface area contributed by atoms with Crippen molar-refractivity contribution in [1.29, 1.82) is 0 Å². The minimum atomic E-state index is -0.285. The SMILES string of the molecule is COc1ccc(N2C[C@H](NC(=O)N3CCc4cc(OC)c(OC)cc4[C@@H]3C)CC2=O)cc1OC. The summed E-state index contributed by atoms with van der Waals surface area (Å²) < 4.78 is 21.5. The van der Waals surface area contributed by atoms with Crippen LogP contribution >= 0.6 is 0 Å². The summed E-state index contributed by atoms with van der Waals surface area (Å²) in [5.74, 6) is 2.42. The van der Waals surface area contributed by atoms with E-state index >= 15 is 0 Å². The average molecular weight is 470 g/mol. The van der Waals surface area contributed by atoms with Crippen LogP contribution in [0.5, 0.6) is 23.0 Å². The highest BCUT2D eigenvalue weighted by atomic mass is 16.5. The van der Waals surface area contributed by atoms with E-state index in [2.05, 4.69) is 5.32 Å². The molecule has 2 aliphatic heterocycles. The maximum absolute atomic E-state index is 13.2. The number of amides is 3. The van der Waals surface area contributed by atoms with E-state index in [1.54, 1.807) is 50.4 Å². The number of carbonyl (C=O) groups excluding carboxylic acids is 2. The minimum Gasteiger partial charge on any atom is -0.493 e. The van der Waals surface area contributed by atoms with Gasteiger partial charge in [-0.25, -0.2) is 4.79 Å². The second-order valence-corrected chi connectivity index (χ2v) is 8.42. The van der Waals surface area contributed by atoms with Gasteiger partial charge in [-0.3, -0.25) is 4.79 Å². The number of rotatable bonds is 6. The normalized spacial score (nSPS) is 19.5. The molecular weight excluding hydrogens is 438 g/mol. The average Bonchev–Trinajstić information content (AvgIpc) is 3.22. The van der Waals surface area contributed by atoms with E-state index in [0.29, 0.717) is 41.8 Å². The van der Waals surface area contributed by atoms with Crippen molar-refractivity contribution in [2.24, 2.45) is 0 Å². The van der Waals surface area contributed by atoms with Crippen molar-refractivity contribution in [3.05, 3.63) is 41.5 Å². The summed E-state index contributed by atoms with van der Waals surface area (Å²) in [5, 5.41) is 3.05. The Morgan fingerprint density at radius 1 is 0.941 bits per heavy atom. The number of hydrogen-bond donors (Lipinski definition) is 1. The van der Waals surface area contributed by atoms with Crippen LogP contribution in [0.15, 0.2) is 30.3 Å². The molecular formula is C25H31N3O6. The lowest BCUT2D eigenvalue weighted by Gasteiger charge is -2.36. The zero-order valence-corrected chi connectivity index (χ0v) is 20.2. The molecule has 0 saturated carbocycles. The first-order valence-corrected chi connectivity index (χ1v) is 11.2. The molecule has 0 bridgehead atoms. The number of fused-ring (bicyclic) bond motifs is 1. The van der Waals surface area contributed by atoms with Crippen LogP contribution in [0.2, 0.25) is 0 Å². The molecule has 2 aromatic rings.